The summed E-state index contributed by atoms with van der Waals surface area (Å²) in [5.74, 6) is 6.14. The van der Waals surface area contributed by atoms with Crippen LogP contribution in [0, 0.1) is 40.9 Å². The van der Waals surface area contributed by atoms with E-state index in [0.29, 0.717) is 6.04 Å². The summed E-state index contributed by atoms with van der Waals surface area (Å²) in [5.41, 5.74) is -0.198. The third-order valence-corrected chi connectivity index (χ3v) is 7.55. The topological polar surface area (TPSA) is 29.1 Å². The third-order valence-electron chi connectivity index (χ3n) is 7.55. The lowest BCUT2D eigenvalue weighted by molar-refractivity contribution is -0.131. The van der Waals surface area contributed by atoms with Gasteiger partial charge in [-0.05, 0) is 74.0 Å². The van der Waals surface area contributed by atoms with Gasteiger partial charge >= 0.3 is 0 Å². The summed E-state index contributed by atoms with van der Waals surface area (Å²) in [6.07, 6.45) is 8.13. The molecular formula is C18H29NO. The van der Waals surface area contributed by atoms with E-state index in [-0.39, 0.29) is 11.3 Å². The summed E-state index contributed by atoms with van der Waals surface area (Å²) in [4.78, 5) is 12.5. The first kappa shape index (κ1) is 13.2. The number of hydrogen-bond acceptors (Lipinski definition) is 1. The molecule has 4 aliphatic rings. The first-order valence-electron chi connectivity index (χ1n) is 8.82. The molecule has 7 atom stereocenters. The number of carbonyl (C=O) groups excluding carboxylic acids is 1. The van der Waals surface area contributed by atoms with Crippen LogP contribution in [0.2, 0.25) is 0 Å². The Balaban J connectivity index is 1.47. The minimum absolute atomic E-state index is 0.198. The Morgan fingerprint density at radius 2 is 1.75 bits per heavy atom. The maximum atomic E-state index is 12.5. The largest absolute Gasteiger partial charge is 0.353 e. The molecule has 2 heteroatoms. The van der Waals surface area contributed by atoms with Crippen LogP contribution in [0.25, 0.3) is 0 Å². The second-order valence-corrected chi connectivity index (χ2v) is 8.70. The van der Waals surface area contributed by atoms with Gasteiger partial charge in [0.15, 0.2) is 0 Å². The van der Waals surface area contributed by atoms with Crippen molar-refractivity contribution in [2.75, 3.05) is 0 Å². The molecule has 4 saturated carbocycles. The van der Waals surface area contributed by atoms with E-state index in [1.807, 2.05) is 0 Å². The Bertz CT molecular complexity index is 429. The molecule has 0 aromatic carbocycles. The van der Waals surface area contributed by atoms with E-state index in [2.05, 4.69) is 26.1 Å². The zero-order valence-corrected chi connectivity index (χ0v) is 13.2. The molecule has 0 heterocycles. The van der Waals surface area contributed by atoms with Gasteiger partial charge in [-0.1, -0.05) is 20.8 Å². The van der Waals surface area contributed by atoms with E-state index < -0.39 is 0 Å². The first-order valence-corrected chi connectivity index (χ1v) is 8.82. The molecule has 4 rings (SSSR count). The first-order chi connectivity index (χ1) is 9.51. The van der Waals surface area contributed by atoms with Crippen molar-refractivity contribution in [3.05, 3.63) is 0 Å². The Morgan fingerprint density at radius 1 is 1.05 bits per heavy atom. The van der Waals surface area contributed by atoms with E-state index in [9.17, 15) is 4.79 Å². The lowest BCUT2D eigenvalue weighted by atomic mass is 9.69. The fraction of sp³-hybridized carbons (Fsp3) is 0.944. The van der Waals surface area contributed by atoms with Gasteiger partial charge in [0.1, 0.15) is 0 Å². The normalized spacial score (nSPS) is 48.6. The number of hydrogen-bond donors (Lipinski definition) is 1. The lowest BCUT2D eigenvalue weighted by Gasteiger charge is -2.39. The molecule has 0 radical (unpaired) electrons. The maximum absolute atomic E-state index is 12.5. The van der Waals surface area contributed by atoms with Gasteiger partial charge in [-0.3, -0.25) is 4.79 Å². The monoisotopic (exact) mass is 275 g/mol. The molecule has 0 spiro atoms. The zero-order valence-electron chi connectivity index (χ0n) is 13.2. The molecule has 4 aliphatic carbocycles. The van der Waals surface area contributed by atoms with Crippen LogP contribution in [0.4, 0.5) is 0 Å². The van der Waals surface area contributed by atoms with Crippen LogP contribution in [0.1, 0.15) is 59.3 Å². The summed E-state index contributed by atoms with van der Waals surface area (Å²) < 4.78 is 0. The maximum Gasteiger partial charge on any atom is 0.225 e. The zero-order chi connectivity index (χ0) is 14.1. The molecule has 0 aliphatic heterocycles. The van der Waals surface area contributed by atoms with Gasteiger partial charge in [0.2, 0.25) is 5.91 Å². The highest BCUT2D eigenvalue weighted by atomic mass is 16.2. The lowest BCUT2D eigenvalue weighted by Crippen LogP contribution is -2.48. The van der Waals surface area contributed by atoms with E-state index in [1.54, 1.807) is 0 Å². The van der Waals surface area contributed by atoms with Crippen LogP contribution >= 0.6 is 0 Å². The summed E-state index contributed by atoms with van der Waals surface area (Å²) in [6.45, 7) is 6.28. The van der Waals surface area contributed by atoms with Crippen LogP contribution in [0.15, 0.2) is 0 Å². The van der Waals surface area contributed by atoms with Crippen molar-refractivity contribution in [3.8, 4) is 0 Å². The number of rotatable bonds is 3. The number of fused-ring (bicyclic) bond motifs is 9. The minimum atomic E-state index is -0.198. The Hall–Kier alpha value is -0.530. The summed E-state index contributed by atoms with van der Waals surface area (Å²) >= 11 is 0. The third kappa shape index (κ3) is 1.66. The van der Waals surface area contributed by atoms with Gasteiger partial charge in [0.25, 0.3) is 0 Å². The van der Waals surface area contributed by atoms with Crippen LogP contribution in [0.3, 0.4) is 0 Å². The van der Waals surface area contributed by atoms with Crippen molar-refractivity contribution in [1.82, 2.24) is 5.32 Å². The van der Waals surface area contributed by atoms with Crippen LogP contribution in [-0.2, 0) is 4.79 Å². The highest BCUT2D eigenvalue weighted by Gasteiger charge is 2.62. The van der Waals surface area contributed by atoms with E-state index in [0.717, 1.165) is 41.9 Å². The van der Waals surface area contributed by atoms with E-state index >= 15 is 0 Å². The Labute approximate surface area is 123 Å². The van der Waals surface area contributed by atoms with Crippen molar-refractivity contribution in [2.45, 2.75) is 65.3 Å². The average Bonchev–Trinajstić information content (AvgIpc) is 3.16. The second kappa shape index (κ2) is 4.24. The average molecular weight is 275 g/mol. The predicted octanol–water partition coefficient (Wildman–Crippen LogP) is 3.61. The molecule has 0 aromatic rings. The molecule has 4 fully saturated rings. The number of nitrogens with one attached hydrogen (secondary N) is 1. The quantitative estimate of drug-likeness (QED) is 0.783. The molecule has 7 unspecified atom stereocenters. The van der Waals surface area contributed by atoms with Crippen LogP contribution in [-0.4, -0.2) is 11.9 Å². The van der Waals surface area contributed by atoms with E-state index in [4.69, 9.17) is 0 Å². The molecular weight excluding hydrogens is 246 g/mol. The van der Waals surface area contributed by atoms with Crippen LogP contribution < -0.4 is 5.32 Å². The second-order valence-electron chi connectivity index (χ2n) is 8.70. The summed E-state index contributed by atoms with van der Waals surface area (Å²) in [6, 6.07) is 0.499. The van der Waals surface area contributed by atoms with Gasteiger partial charge in [-0.2, -0.15) is 0 Å². The smallest absolute Gasteiger partial charge is 0.225 e. The molecule has 0 aromatic heterocycles. The summed E-state index contributed by atoms with van der Waals surface area (Å²) in [5, 5.41) is 3.43. The molecule has 0 saturated heterocycles. The Morgan fingerprint density at radius 3 is 2.45 bits per heavy atom. The van der Waals surface area contributed by atoms with E-state index in [1.165, 1.54) is 32.1 Å². The van der Waals surface area contributed by atoms with Gasteiger partial charge in [0.05, 0.1) is 0 Å². The highest BCUT2D eigenvalue weighted by Crippen LogP contribution is 2.67. The Kier molecular flexibility index (Phi) is 2.79. The van der Waals surface area contributed by atoms with Crippen molar-refractivity contribution in [2.24, 2.45) is 40.9 Å². The van der Waals surface area contributed by atoms with Crippen molar-refractivity contribution >= 4 is 5.91 Å². The number of carbonyl (C=O) groups is 1. The fourth-order valence-electron chi connectivity index (χ4n) is 6.26. The minimum Gasteiger partial charge on any atom is -0.353 e. The molecule has 1 N–H and O–H groups in total. The molecule has 112 valence electrons. The van der Waals surface area contributed by atoms with Gasteiger partial charge in [-0.15, -0.1) is 0 Å². The van der Waals surface area contributed by atoms with Crippen LogP contribution in [0.5, 0.6) is 0 Å². The van der Waals surface area contributed by atoms with Crippen molar-refractivity contribution in [3.63, 3.8) is 0 Å². The molecule has 4 bridgehead atoms. The number of amides is 1. The summed E-state index contributed by atoms with van der Waals surface area (Å²) in [7, 11) is 0. The fourth-order valence-corrected chi connectivity index (χ4v) is 6.26. The van der Waals surface area contributed by atoms with Crippen molar-refractivity contribution in [1.29, 1.82) is 0 Å². The molecule has 1 amide bonds. The molecule has 2 nitrogen and oxygen atoms in total. The standard InChI is InChI=1S/C18H29NO/c1-4-18(2,3)17(20)19-14-9-12-8-13(14)16-11-6-5-10(7-11)15(12)16/h10-16H,4-9H2,1-3H3,(H,19,20). The highest BCUT2D eigenvalue weighted by molar-refractivity contribution is 5.82. The molecule has 20 heavy (non-hydrogen) atoms. The predicted molar refractivity (Wildman–Crippen MR) is 80.0 cm³/mol. The van der Waals surface area contributed by atoms with Gasteiger partial charge in [0, 0.05) is 11.5 Å². The van der Waals surface area contributed by atoms with Crippen molar-refractivity contribution < 1.29 is 4.79 Å². The van der Waals surface area contributed by atoms with Gasteiger partial charge < -0.3 is 5.32 Å². The SMILES string of the molecule is CCC(C)(C)C(=O)NC1CC2CC1C1C3CCC(C3)C21. The van der Waals surface area contributed by atoms with Gasteiger partial charge in [-0.25, -0.2) is 0 Å².